The second kappa shape index (κ2) is 7.54. The molecule has 0 aliphatic rings. The van der Waals surface area contributed by atoms with E-state index in [1.807, 2.05) is 6.07 Å². The minimum atomic E-state index is -0.203. The van der Waals surface area contributed by atoms with E-state index in [0.29, 0.717) is 11.3 Å². The van der Waals surface area contributed by atoms with Crippen molar-refractivity contribution in [1.29, 1.82) is 0 Å². The molecule has 94 valence electrons. The number of carbonyl (C=O) groups excluding carboxylic acids is 1. The van der Waals surface area contributed by atoms with Gasteiger partial charge in [0.05, 0.1) is 12.7 Å². The molecule has 0 aliphatic heterocycles. The number of aromatic hydroxyl groups is 1. The van der Waals surface area contributed by atoms with Crippen LogP contribution in [0.5, 0.6) is 11.5 Å². The van der Waals surface area contributed by atoms with Gasteiger partial charge in [0.2, 0.25) is 0 Å². The van der Waals surface area contributed by atoms with Crippen molar-refractivity contribution in [3.05, 3.63) is 59.7 Å². The monoisotopic (exact) mass is 308 g/mol. The van der Waals surface area contributed by atoms with Gasteiger partial charge in [0, 0.05) is 11.6 Å². The van der Waals surface area contributed by atoms with Crippen LogP contribution in [0.25, 0.3) is 0 Å². The van der Waals surface area contributed by atoms with Gasteiger partial charge in [0.25, 0.3) is 0 Å². The second-order valence-corrected chi connectivity index (χ2v) is 3.58. The Morgan fingerprint density at radius 3 is 2.26 bits per heavy atom. The van der Waals surface area contributed by atoms with Crippen LogP contribution < -0.4 is 4.74 Å². The van der Waals surface area contributed by atoms with Gasteiger partial charge < -0.3 is 9.84 Å². The summed E-state index contributed by atoms with van der Waals surface area (Å²) >= 11 is 0.125. The fraction of sp³-hybridized carbons (Fsp3) is 0.0714. The van der Waals surface area contributed by atoms with Gasteiger partial charge in [-0.3, -0.25) is 4.79 Å². The van der Waals surface area contributed by atoms with E-state index in [1.165, 1.54) is 13.2 Å². The first-order chi connectivity index (χ1) is 9.22. The van der Waals surface area contributed by atoms with Gasteiger partial charge in [-0.1, -0.05) is 30.3 Å². The SMILES string of the molecule is COc1ccc(C(=O)c2ccccc2)c(O)c1.[O]=[Zn]. The fourth-order valence-electron chi connectivity index (χ4n) is 1.58. The van der Waals surface area contributed by atoms with E-state index in [9.17, 15) is 9.90 Å². The van der Waals surface area contributed by atoms with Crippen molar-refractivity contribution in [2.24, 2.45) is 0 Å². The summed E-state index contributed by atoms with van der Waals surface area (Å²) in [7, 11) is 1.51. The number of carbonyl (C=O) groups is 1. The van der Waals surface area contributed by atoms with Gasteiger partial charge in [-0.2, -0.15) is 0 Å². The topological polar surface area (TPSA) is 63.6 Å². The van der Waals surface area contributed by atoms with Crippen LogP contribution in [0.1, 0.15) is 15.9 Å². The Morgan fingerprint density at radius 2 is 1.74 bits per heavy atom. The average Bonchev–Trinajstić information content (AvgIpc) is 2.49. The first kappa shape index (κ1) is 15.2. The predicted octanol–water partition coefficient (Wildman–Crippen LogP) is 2.51. The molecule has 0 radical (unpaired) electrons. The van der Waals surface area contributed by atoms with Gasteiger partial charge in [-0.25, -0.2) is 0 Å². The van der Waals surface area contributed by atoms with Crippen LogP contribution in [-0.4, -0.2) is 18.0 Å². The average molecular weight is 310 g/mol. The number of rotatable bonds is 3. The third kappa shape index (κ3) is 3.80. The van der Waals surface area contributed by atoms with E-state index in [-0.39, 0.29) is 35.3 Å². The van der Waals surface area contributed by atoms with Crippen LogP contribution in [0.2, 0.25) is 0 Å². The zero-order valence-corrected chi connectivity index (χ0v) is 13.5. The number of hydrogen-bond acceptors (Lipinski definition) is 4. The summed E-state index contributed by atoms with van der Waals surface area (Å²) in [6.45, 7) is 0. The number of phenols is 1. The normalized spacial score (nSPS) is 9.21. The van der Waals surface area contributed by atoms with Crippen molar-refractivity contribution in [3.63, 3.8) is 0 Å². The Kier molecular flexibility index (Phi) is 6.03. The predicted molar refractivity (Wildman–Crippen MR) is 65.2 cm³/mol. The first-order valence-electron chi connectivity index (χ1n) is 5.48. The van der Waals surface area contributed by atoms with E-state index < -0.39 is 0 Å². The van der Waals surface area contributed by atoms with Crippen LogP contribution in [0.4, 0.5) is 0 Å². The Hall–Kier alpha value is -1.87. The van der Waals surface area contributed by atoms with Gasteiger partial charge in [0.1, 0.15) is 11.5 Å². The maximum absolute atomic E-state index is 12.1. The molecule has 5 heteroatoms. The summed E-state index contributed by atoms with van der Waals surface area (Å²) in [5.74, 6) is 0.246. The van der Waals surface area contributed by atoms with E-state index >= 15 is 0 Å². The van der Waals surface area contributed by atoms with Crippen molar-refractivity contribution in [2.75, 3.05) is 7.11 Å². The number of methoxy groups -OCH3 is 1. The van der Waals surface area contributed by atoms with Crippen molar-refractivity contribution < 1.29 is 36.5 Å². The zero-order chi connectivity index (χ0) is 14.3. The third-order valence-electron chi connectivity index (χ3n) is 2.49. The van der Waals surface area contributed by atoms with Crippen molar-refractivity contribution in [2.45, 2.75) is 0 Å². The third-order valence-corrected chi connectivity index (χ3v) is 2.49. The molecule has 0 unspecified atom stereocenters. The number of ketones is 1. The Labute approximate surface area is 121 Å². The summed E-state index contributed by atoms with van der Waals surface area (Å²) in [6.07, 6.45) is 0. The summed E-state index contributed by atoms with van der Waals surface area (Å²) in [4.78, 5) is 12.1. The van der Waals surface area contributed by atoms with Gasteiger partial charge in [0.15, 0.2) is 5.78 Å². The van der Waals surface area contributed by atoms with Crippen molar-refractivity contribution in [3.8, 4) is 11.5 Å². The van der Waals surface area contributed by atoms with E-state index in [0.717, 1.165) is 0 Å². The molecule has 0 saturated carbocycles. The van der Waals surface area contributed by atoms with Gasteiger partial charge in [-0.05, 0) is 12.1 Å². The van der Waals surface area contributed by atoms with Crippen LogP contribution in [0, 0.1) is 0 Å². The van der Waals surface area contributed by atoms with Crippen LogP contribution in [0.15, 0.2) is 48.5 Å². The Morgan fingerprint density at radius 1 is 1.11 bits per heavy atom. The molecule has 1 N–H and O–H groups in total. The second-order valence-electron chi connectivity index (χ2n) is 3.58. The van der Waals surface area contributed by atoms with Gasteiger partial charge >= 0.3 is 21.8 Å². The van der Waals surface area contributed by atoms with Crippen molar-refractivity contribution in [1.82, 2.24) is 0 Å². The fourth-order valence-corrected chi connectivity index (χ4v) is 1.58. The number of hydrogen-bond donors (Lipinski definition) is 1. The maximum atomic E-state index is 12.1. The molecule has 0 amide bonds. The summed E-state index contributed by atoms with van der Waals surface area (Å²) in [5.41, 5.74) is 0.824. The van der Waals surface area contributed by atoms with E-state index in [4.69, 9.17) is 8.31 Å². The molecule has 0 fully saturated rings. The zero-order valence-electron chi connectivity index (χ0n) is 10.5. The van der Waals surface area contributed by atoms with E-state index in [1.54, 1.807) is 36.4 Å². The molecule has 19 heavy (non-hydrogen) atoms. The molecule has 0 bridgehead atoms. The molecular weight excluding hydrogens is 298 g/mol. The molecule has 0 heterocycles. The quantitative estimate of drug-likeness (QED) is 0.699. The molecule has 0 aliphatic carbocycles. The van der Waals surface area contributed by atoms with Gasteiger partial charge in [-0.15, -0.1) is 0 Å². The molecule has 0 saturated heterocycles. The summed E-state index contributed by atoms with van der Waals surface area (Å²) < 4.78 is 13.3. The summed E-state index contributed by atoms with van der Waals surface area (Å²) in [5, 5.41) is 9.75. The Bertz CT molecular complexity index is 555. The van der Waals surface area contributed by atoms with Crippen LogP contribution in [0.3, 0.4) is 0 Å². The molecular formula is C14H12O4Zn. The minimum absolute atomic E-state index is 0.0711. The van der Waals surface area contributed by atoms with Crippen LogP contribution in [-0.2, 0) is 21.8 Å². The number of ether oxygens (including phenoxy) is 1. The molecule has 2 aromatic rings. The molecule has 0 aromatic heterocycles. The summed E-state index contributed by atoms with van der Waals surface area (Å²) in [6, 6.07) is 13.5. The number of benzene rings is 2. The number of phenolic OH excluding ortho intramolecular Hbond substituents is 1. The molecule has 4 nitrogen and oxygen atoms in total. The molecule has 0 atom stereocenters. The standard InChI is InChI=1S/C14H12O3.O.Zn/c1-17-11-7-8-12(13(15)9-11)14(16)10-5-3-2-4-6-10;;/h2-9,15H,1H3;;. The van der Waals surface area contributed by atoms with Crippen molar-refractivity contribution >= 4 is 5.78 Å². The first-order valence-corrected chi connectivity index (χ1v) is 6.69. The van der Waals surface area contributed by atoms with E-state index in [2.05, 4.69) is 0 Å². The molecule has 2 aromatic carbocycles. The molecule has 0 spiro atoms. The Balaban J connectivity index is 0.000000861. The molecule has 2 rings (SSSR count). The van der Waals surface area contributed by atoms with Crippen LogP contribution >= 0.6 is 0 Å².